The van der Waals surface area contributed by atoms with E-state index in [1.807, 2.05) is 30.4 Å². The molecule has 3 N–H and O–H groups in total. The van der Waals surface area contributed by atoms with Gasteiger partial charge in [-0.3, -0.25) is 16.0 Å². The third-order valence-electron chi connectivity index (χ3n) is 3.42. The normalized spacial score (nSPS) is 22.0. The van der Waals surface area contributed by atoms with Gasteiger partial charge in [0.15, 0.2) is 0 Å². The number of halogens is 1. The van der Waals surface area contributed by atoms with Gasteiger partial charge in [0.25, 0.3) is 0 Å². The van der Waals surface area contributed by atoms with Crippen LogP contribution in [0.1, 0.15) is 17.8 Å². The quantitative estimate of drug-likeness (QED) is 0.654. The van der Waals surface area contributed by atoms with Crippen molar-refractivity contribution in [2.75, 3.05) is 11.5 Å². The number of nitrogens with one attached hydrogen (secondary N) is 1. The number of thioether (sulfide) groups is 1. The van der Waals surface area contributed by atoms with Crippen LogP contribution in [0.5, 0.6) is 0 Å². The van der Waals surface area contributed by atoms with Gasteiger partial charge in [-0.05, 0) is 46.7 Å². The highest BCUT2D eigenvalue weighted by atomic mass is 79.9. The van der Waals surface area contributed by atoms with Crippen molar-refractivity contribution in [2.24, 2.45) is 18.8 Å². The lowest BCUT2D eigenvalue weighted by atomic mass is 9.95. The predicted molar refractivity (Wildman–Crippen MR) is 75.9 cm³/mol. The molecule has 1 aromatic rings. The summed E-state index contributed by atoms with van der Waals surface area (Å²) in [6.45, 7) is 2.02. The zero-order valence-electron chi connectivity index (χ0n) is 10.2. The highest BCUT2D eigenvalue weighted by Crippen LogP contribution is 2.29. The molecule has 4 nitrogen and oxygen atoms in total. The topological polar surface area (TPSA) is 55.9 Å². The van der Waals surface area contributed by atoms with E-state index in [4.69, 9.17) is 5.84 Å². The second kappa shape index (κ2) is 5.73. The number of hydrogen-bond donors (Lipinski definition) is 2. The molecule has 1 aliphatic rings. The molecule has 0 aromatic carbocycles. The molecule has 1 fully saturated rings. The second-order valence-corrected chi connectivity index (χ2v) is 6.51. The van der Waals surface area contributed by atoms with E-state index in [2.05, 4.69) is 26.5 Å². The maximum Gasteiger partial charge on any atom is 0.0738 e. The average Bonchev–Trinajstić information content (AvgIpc) is 2.89. The standard InChI is InChI=1S/C11H19BrN4S/c1-7-11(12)10(16(2)15-7)5-9(14-13)8-3-4-17-6-8/h8-9,14H,3-6,13H2,1-2H3. The van der Waals surface area contributed by atoms with Crippen molar-refractivity contribution < 1.29 is 0 Å². The van der Waals surface area contributed by atoms with Crippen LogP contribution in [0.4, 0.5) is 0 Å². The number of aromatic nitrogens is 2. The van der Waals surface area contributed by atoms with Crippen molar-refractivity contribution in [3.05, 3.63) is 15.9 Å². The molecule has 17 heavy (non-hydrogen) atoms. The summed E-state index contributed by atoms with van der Waals surface area (Å²) in [6, 6.07) is 0.344. The van der Waals surface area contributed by atoms with Gasteiger partial charge in [-0.2, -0.15) is 16.9 Å². The molecule has 0 bridgehead atoms. The summed E-state index contributed by atoms with van der Waals surface area (Å²) in [5, 5.41) is 4.42. The van der Waals surface area contributed by atoms with Gasteiger partial charge in [-0.1, -0.05) is 0 Å². The number of hydrogen-bond acceptors (Lipinski definition) is 4. The van der Waals surface area contributed by atoms with Crippen LogP contribution >= 0.6 is 27.7 Å². The molecule has 0 radical (unpaired) electrons. The van der Waals surface area contributed by atoms with Gasteiger partial charge in [0, 0.05) is 19.5 Å². The van der Waals surface area contributed by atoms with E-state index >= 15 is 0 Å². The number of nitrogens with zero attached hydrogens (tertiary/aromatic N) is 2. The molecule has 0 spiro atoms. The van der Waals surface area contributed by atoms with Gasteiger partial charge in [-0.25, -0.2) is 0 Å². The zero-order chi connectivity index (χ0) is 12.4. The van der Waals surface area contributed by atoms with E-state index in [-0.39, 0.29) is 0 Å². The summed E-state index contributed by atoms with van der Waals surface area (Å²) >= 11 is 5.63. The Bertz CT molecular complexity index is 387. The lowest BCUT2D eigenvalue weighted by molar-refractivity contribution is 0.379. The summed E-state index contributed by atoms with van der Waals surface area (Å²) in [4.78, 5) is 0. The maximum absolute atomic E-state index is 5.70. The Morgan fingerprint density at radius 1 is 1.71 bits per heavy atom. The number of hydrazine groups is 1. The van der Waals surface area contributed by atoms with E-state index in [1.54, 1.807) is 0 Å². The molecule has 1 aliphatic heterocycles. The number of rotatable bonds is 4. The Labute approximate surface area is 115 Å². The van der Waals surface area contributed by atoms with Crippen molar-refractivity contribution in [2.45, 2.75) is 25.8 Å². The van der Waals surface area contributed by atoms with Crippen LogP contribution in [0.3, 0.4) is 0 Å². The lowest BCUT2D eigenvalue weighted by Gasteiger charge is -2.22. The molecule has 6 heteroatoms. The Kier molecular flexibility index (Phi) is 4.52. The fourth-order valence-corrected chi connectivity index (χ4v) is 4.18. The fraction of sp³-hybridized carbons (Fsp3) is 0.727. The minimum atomic E-state index is 0.344. The number of nitrogens with two attached hydrogens (primary N) is 1. The third kappa shape index (κ3) is 2.86. The summed E-state index contributed by atoms with van der Waals surface area (Å²) in [5.41, 5.74) is 5.25. The Hall–Kier alpha value is -0.0400. The lowest BCUT2D eigenvalue weighted by Crippen LogP contribution is -2.43. The minimum absolute atomic E-state index is 0.344. The number of aryl methyl sites for hydroxylation is 2. The summed E-state index contributed by atoms with van der Waals surface area (Å²) < 4.78 is 3.07. The van der Waals surface area contributed by atoms with Crippen LogP contribution in [-0.2, 0) is 13.5 Å². The summed E-state index contributed by atoms with van der Waals surface area (Å²) in [5.74, 6) is 8.85. The first kappa shape index (κ1) is 13.4. The van der Waals surface area contributed by atoms with Crippen LogP contribution in [0.15, 0.2) is 4.47 Å². The molecule has 0 amide bonds. The largest absolute Gasteiger partial charge is 0.271 e. The van der Waals surface area contributed by atoms with Crippen molar-refractivity contribution >= 4 is 27.7 Å². The second-order valence-electron chi connectivity index (χ2n) is 4.57. The molecule has 0 saturated carbocycles. The molecule has 1 aromatic heterocycles. The molecule has 2 heterocycles. The van der Waals surface area contributed by atoms with Crippen LogP contribution in [0, 0.1) is 12.8 Å². The van der Waals surface area contributed by atoms with E-state index in [0.29, 0.717) is 12.0 Å². The van der Waals surface area contributed by atoms with E-state index in [9.17, 15) is 0 Å². The van der Waals surface area contributed by atoms with Gasteiger partial charge in [-0.15, -0.1) is 0 Å². The molecular weight excluding hydrogens is 300 g/mol. The molecule has 96 valence electrons. The van der Waals surface area contributed by atoms with E-state index in [1.165, 1.54) is 23.6 Å². The Morgan fingerprint density at radius 2 is 2.47 bits per heavy atom. The van der Waals surface area contributed by atoms with Crippen LogP contribution in [-0.4, -0.2) is 27.3 Å². The minimum Gasteiger partial charge on any atom is -0.271 e. The average molecular weight is 319 g/mol. The Balaban J connectivity index is 2.12. The summed E-state index contributed by atoms with van der Waals surface area (Å²) in [7, 11) is 1.99. The van der Waals surface area contributed by atoms with Gasteiger partial charge in [0.2, 0.25) is 0 Å². The van der Waals surface area contributed by atoms with Gasteiger partial charge in [0.05, 0.1) is 15.9 Å². The maximum atomic E-state index is 5.70. The SMILES string of the molecule is Cc1nn(C)c(CC(NN)C2CCSC2)c1Br. The highest BCUT2D eigenvalue weighted by Gasteiger charge is 2.26. The monoisotopic (exact) mass is 318 g/mol. The molecular formula is C11H19BrN4S. The van der Waals surface area contributed by atoms with Crippen molar-refractivity contribution in [1.82, 2.24) is 15.2 Å². The van der Waals surface area contributed by atoms with Gasteiger partial charge >= 0.3 is 0 Å². The highest BCUT2D eigenvalue weighted by molar-refractivity contribution is 9.10. The predicted octanol–water partition coefficient (Wildman–Crippen LogP) is 1.62. The Morgan fingerprint density at radius 3 is 2.94 bits per heavy atom. The molecule has 2 atom stereocenters. The van der Waals surface area contributed by atoms with Crippen LogP contribution in [0.2, 0.25) is 0 Å². The molecule has 2 rings (SSSR count). The van der Waals surface area contributed by atoms with Gasteiger partial charge in [0.1, 0.15) is 0 Å². The molecule has 0 aliphatic carbocycles. The fourth-order valence-electron chi connectivity index (χ4n) is 2.34. The summed E-state index contributed by atoms with van der Waals surface area (Å²) in [6.07, 6.45) is 2.19. The third-order valence-corrected chi connectivity index (χ3v) is 5.64. The molecule has 1 saturated heterocycles. The van der Waals surface area contributed by atoms with Gasteiger partial charge < -0.3 is 0 Å². The first-order valence-electron chi connectivity index (χ1n) is 5.85. The first-order valence-corrected chi connectivity index (χ1v) is 7.80. The molecule has 2 unspecified atom stereocenters. The zero-order valence-corrected chi connectivity index (χ0v) is 12.6. The van der Waals surface area contributed by atoms with Crippen molar-refractivity contribution in [1.29, 1.82) is 0 Å². The van der Waals surface area contributed by atoms with E-state index in [0.717, 1.165) is 16.6 Å². The van der Waals surface area contributed by atoms with Crippen molar-refractivity contribution in [3.8, 4) is 0 Å². The smallest absolute Gasteiger partial charge is 0.0738 e. The van der Waals surface area contributed by atoms with Crippen LogP contribution in [0.25, 0.3) is 0 Å². The first-order chi connectivity index (χ1) is 8.13. The van der Waals surface area contributed by atoms with E-state index < -0.39 is 0 Å². The van der Waals surface area contributed by atoms with Crippen LogP contribution < -0.4 is 11.3 Å². The van der Waals surface area contributed by atoms with Crippen molar-refractivity contribution in [3.63, 3.8) is 0 Å².